The first-order chi connectivity index (χ1) is 9.88. The van der Waals surface area contributed by atoms with Gasteiger partial charge in [0.25, 0.3) is 0 Å². The van der Waals surface area contributed by atoms with Crippen LogP contribution in [0.15, 0.2) is 45.3 Å². The van der Waals surface area contributed by atoms with Crippen LogP contribution in [0.4, 0.5) is 0 Å². The first-order valence-corrected chi connectivity index (χ1v) is 8.45. The largest absolute Gasteiger partial charge is 0.492 e. The van der Waals surface area contributed by atoms with Crippen LogP contribution >= 0.6 is 31.9 Å². The van der Waals surface area contributed by atoms with Gasteiger partial charge < -0.3 is 10.5 Å². The van der Waals surface area contributed by atoms with Crippen molar-refractivity contribution in [2.75, 3.05) is 6.61 Å². The van der Waals surface area contributed by atoms with Gasteiger partial charge in [-0.15, -0.1) is 0 Å². The number of fused-ring (bicyclic) bond motifs is 1. The number of hydrogen-bond donors (Lipinski definition) is 1. The number of benzene rings is 2. The maximum Gasteiger partial charge on any atom is 0.123 e. The van der Waals surface area contributed by atoms with Gasteiger partial charge in [-0.3, -0.25) is 0 Å². The Bertz CT molecular complexity index is 697. The van der Waals surface area contributed by atoms with Crippen molar-refractivity contribution in [2.45, 2.75) is 25.3 Å². The molecule has 0 saturated carbocycles. The molecule has 2 nitrogen and oxygen atoms in total. The monoisotopic (exact) mass is 409 g/mol. The Labute approximate surface area is 141 Å². The van der Waals surface area contributed by atoms with Crippen LogP contribution in [0.25, 0.3) is 0 Å². The summed E-state index contributed by atoms with van der Waals surface area (Å²) >= 11 is 7.06. The highest BCUT2D eigenvalue weighted by Crippen LogP contribution is 2.40. The smallest absolute Gasteiger partial charge is 0.123 e. The first-order valence-electron chi connectivity index (χ1n) is 6.86. The van der Waals surface area contributed by atoms with Gasteiger partial charge in [0.1, 0.15) is 5.75 Å². The Morgan fingerprint density at radius 2 is 1.90 bits per heavy atom. The van der Waals surface area contributed by atoms with Gasteiger partial charge in [-0.2, -0.15) is 0 Å². The van der Waals surface area contributed by atoms with Gasteiger partial charge in [-0.25, -0.2) is 0 Å². The molecule has 1 unspecified atom stereocenters. The molecule has 3 rings (SSSR count). The normalized spacial score (nSPS) is 17.2. The summed E-state index contributed by atoms with van der Waals surface area (Å²) in [4.78, 5) is 0. The van der Waals surface area contributed by atoms with E-state index >= 15 is 0 Å². The van der Waals surface area contributed by atoms with Crippen LogP contribution in [0, 0.1) is 0 Å². The molecule has 1 aliphatic heterocycles. The lowest BCUT2D eigenvalue weighted by Gasteiger charge is -2.19. The summed E-state index contributed by atoms with van der Waals surface area (Å²) < 4.78 is 7.79. The molecule has 0 saturated heterocycles. The summed E-state index contributed by atoms with van der Waals surface area (Å²) in [5, 5.41) is 0. The molecule has 2 aromatic rings. The minimum atomic E-state index is -0.158. The lowest BCUT2D eigenvalue weighted by atomic mass is 9.85. The van der Waals surface area contributed by atoms with Crippen molar-refractivity contribution in [3.63, 3.8) is 0 Å². The van der Waals surface area contributed by atoms with Crippen molar-refractivity contribution >= 4 is 31.9 Å². The minimum Gasteiger partial charge on any atom is -0.492 e. The quantitative estimate of drug-likeness (QED) is 0.761. The SMILES string of the molecule is CC1(C)COc2ccc(C(N)c3ccc(Br)cc3Br)cc21. The molecular weight excluding hydrogens is 394 g/mol. The Balaban J connectivity index is 2.01. The molecule has 1 heterocycles. The van der Waals surface area contributed by atoms with Crippen molar-refractivity contribution in [1.29, 1.82) is 0 Å². The van der Waals surface area contributed by atoms with Crippen molar-refractivity contribution in [1.82, 2.24) is 0 Å². The second kappa shape index (κ2) is 5.41. The molecule has 0 aromatic heterocycles. The minimum absolute atomic E-state index is 0.0437. The van der Waals surface area contributed by atoms with Gasteiger partial charge >= 0.3 is 0 Å². The second-order valence-electron chi connectivity index (χ2n) is 6.07. The molecule has 0 aliphatic carbocycles. The molecule has 21 heavy (non-hydrogen) atoms. The second-order valence-corrected chi connectivity index (χ2v) is 7.84. The van der Waals surface area contributed by atoms with Crippen molar-refractivity contribution in [3.8, 4) is 5.75 Å². The summed E-state index contributed by atoms with van der Waals surface area (Å²) in [5.74, 6) is 0.978. The van der Waals surface area contributed by atoms with E-state index in [0.717, 1.165) is 32.4 Å². The molecule has 1 atom stereocenters. The molecule has 2 N–H and O–H groups in total. The van der Waals surface area contributed by atoms with Crippen molar-refractivity contribution in [3.05, 3.63) is 62.0 Å². The third-order valence-corrected chi connectivity index (χ3v) is 5.16. The molecule has 110 valence electrons. The summed E-state index contributed by atoms with van der Waals surface area (Å²) in [6.45, 7) is 5.12. The fourth-order valence-corrected chi connectivity index (χ4v) is 3.96. The van der Waals surface area contributed by atoms with E-state index in [1.165, 1.54) is 5.56 Å². The number of ether oxygens (including phenoxy) is 1. The fraction of sp³-hybridized carbons (Fsp3) is 0.294. The molecule has 0 fully saturated rings. The Kier molecular flexibility index (Phi) is 3.89. The van der Waals surface area contributed by atoms with Gasteiger partial charge in [0.05, 0.1) is 12.6 Å². The van der Waals surface area contributed by atoms with E-state index in [-0.39, 0.29) is 11.5 Å². The third kappa shape index (κ3) is 2.77. The van der Waals surface area contributed by atoms with Crippen molar-refractivity contribution < 1.29 is 4.74 Å². The van der Waals surface area contributed by atoms with E-state index in [4.69, 9.17) is 10.5 Å². The topological polar surface area (TPSA) is 35.2 Å². The van der Waals surface area contributed by atoms with Crippen LogP contribution in [0.5, 0.6) is 5.75 Å². The van der Waals surface area contributed by atoms with Gasteiger partial charge in [0.2, 0.25) is 0 Å². The lowest BCUT2D eigenvalue weighted by molar-refractivity contribution is 0.291. The standard InChI is InChI=1S/C17H17Br2NO/c1-17(2)9-21-15-6-3-10(7-13(15)17)16(20)12-5-4-11(18)8-14(12)19/h3-8,16H,9,20H2,1-2H3. The van der Waals surface area contributed by atoms with Crippen LogP contribution in [-0.4, -0.2) is 6.61 Å². The van der Waals surface area contributed by atoms with Gasteiger partial charge in [0, 0.05) is 19.9 Å². The molecule has 4 heteroatoms. The zero-order valence-corrected chi connectivity index (χ0v) is 15.2. The van der Waals surface area contributed by atoms with E-state index < -0.39 is 0 Å². The predicted molar refractivity (Wildman–Crippen MR) is 92.8 cm³/mol. The lowest BCUT2D eigenvalue weighted by Crippen LogP contribution is -2.19. The average Bonchev–Trinajstić information content (AvgIpc) is 2.74. The molecule has 0 bridgehead atoms. The van der Waals surface area contributed by atoms with Gasteiger partial charge in [0.15, 0.2) is 0 Å². The molecule has 0 spiro atoms. The van der Waals surface area contributed by atoms with E-state index in [1.807, 2.05) is 24.3 Å². The maximum absolute atomic E-state index is 6.46. The van der Waals surface area contributed by atoms with E-state index in [9.17, 15) is 0 Å². The fourth-order valence-electron chi connectivity index (χ4n) is 2.67. The summed E-state index contributed by atoms with van der Waals surface area (Å²) in [6, 6.07) is 12.2. The van der Waals surface area contributed by atoms with Crippen molar-refractivity contribution in [2.24, 2.45) is 5.73 Å². The highest BCUT2D eigenvalue weighted by molar-refractivity contribution is 9.11. The number of rotatable bonds is 2. The Hall–Kier alpha value is -0.840. The van der Waals surface area contributed by atoms with Crippen LogP contribution in [0.1, 0.15) is 36.6 Å². The third-order valence-electron chi connectivity index (χ3n) is 3.98. The van der Waals surface area contributed by atoms with E-state index in [1.54, 1.807) is 0 Å². The van der Waals surface area contributed by atoms with Crippen LogP contribution in [-0.2, 0) is 5.41 Å². The predicted octanol–water partition coefficient (Wildman–Crippen LogP) is 4.93. The Morgan fingerprint density at radius 1 is 1.14 bits per heavy atom. The Morgan fingerprint density at radius 3 is 2.62 bits per heavy atom. The number of nitrogens with two attached hydrogens (primary N) is 1. The summed E-state index contributed by atoms with van der Waals surface area (Å²) in [6.07, 6.45) is 0. The highest BCUT2D eigenvalue weighted by Gasteiger charge is 2.32. The average molecular weight is 411 g/mol. The molecule has 0 amide bonds. The van der Waals surface area contributed by atoms with Crippen LogP contribution < -0.4 is 10.5 Å². The number of hydrogen-bond acceptors (Lipinski definition) is 2. The van der Waals surface area contributed by atoms with E-state index in [2.05, 4.69) is 57.8 Å². The summed E-state index contributed by atoms with van der Waals surface area (Å²) in [5.41, 5.74) is 9.93. The summed E-state index contributed by atoms with van der Waals surface area (Å²) in [7, 11) is 0. The maximum atomic E-state index is 6.46. The highest BCUT2D eigenvalue weighted by atomic mass is 79.9. The molecule has 2 aromatic carbocycles. The molecular formula is C17H17Br2NO. The molecule has 1 aliphatic rings. The van der Waals surface area contributed by atoms with Gasteiger partial charge in [-0.05, 0) is 35.4 Å². The van der Waals surface area contributed by atoms with Crippen LogP contribution in [0.3, 0.4) is 0 Å². The molecule has 0 radical (unpaired) electrons. The first kappa shape index (κ1) is 15.1. The number of halogens is 2. The zero-order valence-electron chi connectivity index (χ0n) is 12.0. The van der Waals surface area contributed by atoms with Gasteiger partial charge in [-0.1, -0.05) is 57.8 Å². The zero-order chi connectivity index (χ0) is 15.2. The van der Waals surface area contributed by atoms with Crippen LogP contribution in [0.2, 0.25) is 0 Å². The van der Waals surface area contributed by atoms with E-state index in [0.29, 0.717) is 0 Å².